The van der Waals surface area contributed by atoms with Crippen molar-refractivity contribution >= 4 is 22.2 Å². The van der Waals surface area contributed by atoms with Gasteiger partial charge in [-0.2, -0.15) is 0 Å². The highest BCUT2D eigenvalue weighted by atomic mass is 32.1. The zero-order valence-corrected chi connectivity index (χ0v) is 16.4. The van der Waals surface area contributed by atoms with Gasteiger partial charge in [0.15, 0.2) is 0 Å². The van der Waals surface area contributed by atoms with Crippen LogP contribution in [0.25, 0.3) is 10.6 Å². The first kappa shape index (κ1) is 18.7. The number of anilines is 1. The standard InChI is InChI=1S/C19H25N3O3S/c1-12(2)22-16(17(23)20-8-9-24-3)11-15-19(22)26-18(21-15)13-6-5-7-14(10-13)25-4/h5-7,10,12,16H,8-9,11H2,1-4H3,(H,20,23). The van der Waals surface area contributed by atoms with Crippen molar-refractivity contribution < 1.29 is 14.3 Å². The summed E-state index contributed by atoms with van der Waals surface area (Å²) in [5.41, 5.74) is 2.03. The zero-order chi connectivity index (χ0) is 18.7. The molecule has 1 atom stereocenters. The highest BCUT2D eigenvalue weighted by Gasteiger charge is 2.38. The topological polar surface area (TPSA) is 63.7 Å². The molecular weight excluding hydrogens is 350 g/mol. The van der Waals surface area contributed by atoms with Gasteiger partial charge in [0.2, 0.25) is 5.91 Å². The second kappa shape index (κ2) is 8.05. The Balaban J connectivity index is 1.83. The number of amides is 1. The fourth-order valence-electron chi connectivity index (χ4n) is 3.19. The Morgan fingerprint density at radius 2 is 2.23 bits per heavy atom. The zero-order valence-electron chi connectivity index (χ0n) is 15.6. The maximum absolute atomic E-state index is 12.6. The lowest BCUT2D eigenvalue weighted by molar-refractivity contribution is -0.122. The summed E-state index contributed by atoms with van der Waals surface area (Å²) in [5, 5.41) is 5.00. The highest BCUT2D eigenvalue weighted by Crippen LogP contribution is 2.42. The lowest BCUT2D eigenvalue weighted by Crippen LogP contribution is -2.48. The molecule has 26 heavy (non-hydrogen) atoms. The van der Waals surface area contributed by atoms with Crippen LogP contribution in [0, 0.1) is 0 Å². The third kappa shape index (κ3) is 3.68. The van der Waals surface area contributed by atoms with E-state index in [4.69, 9.17) is 14.5 Å². The molecule has 0 bridgehead atoms. The van der Waals surface area contributed by atoms with Crippen LogP contribution in [0.2, 0.25) is 0 Å². The Labute approximate surface area is 158 Å². The largest absolute Gasteiger partial charge is 0.497 e. The normalized spacial score (nSPS) is 16.0. The molecule has 0 aliphatic carbocycles. The van der Waals surface area contributed by atoms with Crippen LogP contribution in [0.1, 0.15) is 19.5 Å². The molecule has 1 aromatic heterocycles. The molecule has 2 heterocycles. The average molecular weight is 375 g/mol. The smallest absolute Gasteiger partial charge is 0.243 e. The summed E-state index contributed by atoms with van der Waals surface area (Å²) in [6, 6.07) is 7.92. The van der Waals surface area contributed by atoms with Gasteiger partial charge in [0.1, 0.15) is 21.8 Å². The Kier molecular flexibility index (Phi) is 5.78. The number of carbonyl (C=O) groups is 1. The number of ether oxygens (including phenoxy) is 2. The third-order valence-corrected chi connectivity index (χ3v) is 5.57. The number of nitrogens with one attached hydrogen (secondary N) is 1. The summed E-state index contributed by atoms with van der Waals surface area (Å²) < 4.78 is 10.3. The molecule has 0 spiro atoms. The molecule has 1 N–H and O–H groups in total. The maximum Gasteiger partial charge on any atom is 0.243 e. The van der Waals surface area contributed by atoms with Gasteiger partial charge in [-0.1, -0.05) is 23.5 Å². The lowest BCUT2D eigenvalue weighted by atomic mass is 10.1. The molecule has 1 aliphatic rings. The van der Waals surface area contributed by atoms with Crippen molar-refractivity contribution in [2.24, 2.45) is 0 Å². The first-order chi connectivity index (χ1) is 12.5. The van der Waals surface area contributed by atoms with Gasteiger partial charge in [0, 0.05) is 31.7 Å². The highest BCUT2D eigenvalue weighted by molar-refractivity contribution is 7.19. The molecule has 0 saturated heterocycles. The van der Waals surface area contributed by atoms with Gasteiger partial charge in [-0.25, -0.2) is 4.98 Å². The molecule has 2 aromatic rings. The summed E-state index contributed by atoms with van der Waals surface area (Å²) >= 11 is 1.63. The van der Waals surface area contributed by atoms with E-state index in [0.29, 0.717) is 19.6 Å². The molecule has 1 unspecified atom stereocenters. The van der Waals surface area contributed by atoms with Crippen LogP contribution in [0.4, 0.5) is 5.00 Å². The van der Waals surface area contributed by atoms with Crippen LogP contribution in [0.5, 0.6) is 5.75 Å². The van der Waals surface area contributed by atoms with Crippen LogP contribution in [0.3, 0.4) is 0 Å². The van der Waals surface area contributed by atoms with Crippen LogP contribution in [-0.4, -0.2) is 50.3 Å². The van der Waals surface area contributed by atoms with E-state index in [2.05, 4.69) is 24.1 Å². The number of methoxy groups -OCH3 is 2. The first-order valence-corrected chi connectivity index (χ1v) is 9.56. The number of benzene rings is 1. The number of rotatable bonds is 7. The van der Waals surface area contributed by atoms with Crippen LogP contribution in [-0.2, 0) is 16.0 Å². The minimum Gasteiger partial charge on any atom is -0.497 e. The fourth-order valence-corrected chi connectivity index (χ4v) is 4.46. The quantitative estimate of drug-likeness (QED) is 0.754. The molecule has 1 amide bonds. The molecule has 6 nitrogen and oxygen atoms in total. The van der Waals surface area contributed by atoms with Crippen molar-refractivity contribution in [2.45, 2.75) is 32.4 Å². The second-order valence-corrected chi connectivity index (χ2v) is 7.49. The van der Waals surface area contributed by atoms with E-state index in [-0.39, 0.29) is 18.0 Å². The van der Waals surface area contributed by atoms with Crippen molar-refractivity contribution in [1.82, 2.24) is 10.3 Å². The van der Waals surface area contributed by atoms with Crippen LogP contribution < -0.4 is 15.0 Å². The molecule has 1 aromatic carbocycles. The number of carbonyl (C=O) groups excluding carboxylic acids is 1. The van der Waals surface area contributed by atoms with Crippen molar-refractivity contribution in [3.8, 4) is 16.3 Å². The van der Waals surface area contributed by atoms with E-state index in [1.165, 1.54) is 0 Å². The van der Waals surface area contributed by atoms with Crippen molar-refractivity contribution in [1.29, 1.82) is 0 Å². The van der Waals surface area contributed by atoms with Gasteiger partial charge in [-0.05, 0) is 26.0 Å². The van der Waals surface area contributed by atoms with Gasteiger partial charge in [0.25, 0.3) is 0 Å². The number of hydrogen-bond acceptors (Lipinski definition) is 6. The molecule has 0 radical (unpaired) electrons. The van der Waals surface area contributed by atoms with Gasteiger partial charge in [-0.15, -0.1) is 0 Å². The van der Waals surface area contributed by atoms with E-state index in [0.717, 1.165) is 27.0 Å². The van der Waals surface area contributed by atoms with Crippen LogP contribution in [0.15, 0.2) is 24.3 Å². The average Bonchev–Trinajstić information content (AvgIpc) is 3.19. The number of hydrogen-bond donors (Lipinski definition) is 1. The molecule has 7 heteroatoms. The van der Waals surface area contributed by atoms with Crippen molar-refractivity contribution in [3.63, 3.8) is 0 Å². The lowest BCUT2D eigenvalue weighted by Gasteiger charge is -2.29. The van der Waals surface area contributed by atoms with E-state index in [1.54, 1.807) is 25.6 Å². The van der Waals surface area contributed by atoms with Gasteiger partial charge in [-0.3, -0.25) is 4.79 Å². The number of nitrogens with zero attached hydrogens (tertiary/aromatic N) is 2. The number of fused-ring (bicyclic) bond motifs is 1. The van der Waals surface area contributed by atoms with E-state index >= 15 is 0 Å². The number of aromatic nitrogens is 1. The molecular formula is C19H25N3O3S. The Hall–Kier alpha value is -2.12. The third-order valence-electron chi connectivity index (χ3n) is 4.41. The van der Waals surface area contributed by atoms with E-state index in [1.807, 2.05) is 24.3 Å². The number of thiazole rings is 1. The molecule has 1 aliphatic heterocycles. The molecule has 0 saturated carbocycles. The summed E-state index contributed by atoms with van der Waals surface area (Å²) in [5.74, 6) is 0.845. The first-order valence-electron chi connectivity index (χ1n) is 8.74. The van der Waals surface area contributed by atoms with E-state index < -0.39 is 0 Å². The Bertz CT molecular complexity index is 775. The second-order valence-electron chi connectivity index (χ2n) is 6.51. The monoisotopic (exact) mass is 375 g/mol. The minimum atomic E-state index is -0.208. The molecule has 3 rings (SSSR count). The summed E-state index contributed by atoms with van der Waals surface area (Å²) in [6.07, 6.45) is 0.632. The van der Waals surface area contributed by atoms with Crippen LogP contribution >= 0.6 is 11.3 Å². The van der Waals surface area contributed by atoms with Crippen molar-refractivity contribution in [2.75, 3.05) is 32.3 Å². The SMILES string of the molecule is COCCNC(=O)C1Cc2nc(-c3cccc(OC)c3)sc2N1C(C)C. The summed E-state index contributed by atoms with van der Waals surface area (Å²) in [4.78, 5) is 19.6. The van der Waals surface area contributed by atoms with Gasteiger partial charge >= 0.3 is 0 Å². The summed E-state index contributed by atoms with van der Waals surface area (Å²) in [7, 11) is 3.29. The van der Waals surface area contributed by atoms with Crippen molar-refractivity contribution in [3.05, 3.63) is 30.0 Å². The predicted octanol–water partition coefficient (Wildman–Crippen LogP) is 2.72. The van der Waals surface area contributed by atoms with Gasteiger partial charge in [0.05, 0.1) is 19.4 Å². The predicted molar refractivity (Wildman–Crippen MR) is 104 cm³/mol. The fraction of sp³-hybridized carbons (Fsp3) is 0.474. The van der Waals surface area contributed by atoms with Gasteiger partial charge < -0.3 is 19.7 Å². The minimum absolute atomic E-state index is 0.0314. The Morgan fingerprint density at radius 1 is 1.42 bits per heavy atom. The molecule has 0 fully saturated rings. The maximum atomic E-state index is 12.6. The van der Waals surface area contributed by atoms with E-state index in [9.17, 15) is 4.79 Å². The molecule has 140 valence electrons. The Morgan fingerprint density at radius 3 is 2.92 bits per heavy atom. The summed E-state index contributed by atoms with van der Waals surface area (Å²) in [6.45, 7) is 5.25.